The van der Waals surface area contributed by atoms with E-state index in [9.17, 15) is 9.59 Å². The number of carboxylic acid groups (broad SMARTS) is 1. The van der Waals surface area contributed by atoms with Crippen molar-refractivity contribution < 1.29 is 19.4 Å². The average Bonchev–Trinajstić information content (AvgIpc) is 2.54. The summed E-state index contributed by atoms with van der Waals surface area (Å²) in [5, 5.41) is 14.7. The number of amides is 2. The van der Waals surface area contributed by atoms with Crippen molar-refractivity contribution in [2.45, 2.75) is 63.5 Å². The van der Waals surface area contributed by atoms with Gasteiger partial charge in [0.15, 0.2) is 0 Å². The van der Waals surface area contributed by atoms with Gasteiger partial charge in [-0.05, 0) is 49.8 Å². The summed E-state index contributed by atoms with van der Waals surface area (Å²) >= 11 is 0. The molecule has 3 aliphatic carbocycles. The smallest absolute Gasteiger partial charge is 0.405 e. The lowest BCUT2D eigenvalue weighted by Crippen LogP contribution is -2.78. The Morgan fingerprint density at radius 2 is 2.04 bits per heavy atom. The molecule has 1 aromatic rings. The maximum atomic E-state index is 12.8. The molecule has 4 rings (SSSR count). The number of ether oxygens (including phenoxy) is 1. The molecule has 26 heavy (non-hydrogen) atoms. The fourth-order valence-electron chi connectivity index (χ4n) is 4.49. The molecule has 2 bridgehead atoms. The lowest BCUT2D eigenvalue weighted by atomic mass is 9.39. The first-order valence-electron chi connectivity index (χ1n) is 9.35. The van der Waals surface area contributed by atoms with Crippen LogP contribution in [0, 0.1) is 5.41 Å². The molecular formula is C20H28N2O4. The second-order valence-corrected chi connectivity index (χ2v) is 7.89. The first kappa shape index (κ1) is 18.5. The zero-order valence-corrected chi connectivity index (χ0v) is 15.5. The molecule has 3 N–H and O–H groups in total. The van der Waals surface area contributed by atoms with Crippen LogP contribution in [0.4, 0.5) is 4.79 Å². The van der Waals surface area contributed by atoms with Crippen molar-refractivity contribution in [3.8, 4) is 5.75 Å². The highest BCUT2D eigenvalue weighted by molar-refractivity contribution is 5.88. The predicted octanol–water partition coefficient (Wildman–Crippen LogP) is 3.10. The third-order valence-electron chi connectivity index (χ3n) is 5.74. The van der Waals surface area contributed by atoms with Gasteiger partial charge in [-0.3, -0.25) is 4.79 Å². The van der Waals surface area contributed by atoms with E-state index >= 15 is 0 Å². The Morgan fingerprint density at radius 3 is 2.65 bits per heavy atom. The maximum Gasteiger partial charge on any atom is 0.405 e. The highest BCUT2D eigenvalue weighted by Crippen LogP contribution is 2.67. The summed E-state index contributed by atoms with van der Waals surface area (Å²) in [7, 11) is 1.65. The SMILES string of the molecule is CCCCC(Cc1cccc(OC)c1)NC(=O)C12CC(NC(=O)O)(C1)C2. The molecule has 6 nitrogen and oxygen atoms in total. The minimum atomic E-state index is -1.00. The highest BCUT2D eigenvalue weighted by atomic mass is 16.5. The molecule has 1 unspecified atom stereocenters. The Labute approximate surface area is 154 Å². The first-order chi connectivity index (χ1) is 12.4. The average molecular weight is 360 g/mol. The van der Waals surface area contributed by atoms with Crippen LogP contribution in [0.3, 0.4) is 0 Å². The number of nitrogens with one attached hydrogen (secondary N) is 2. The van der Waals surface area contributed by atoms with Crippen molar-refractivity contribution in [3.05, 3.63) is 29.8 Å². The van der Waals surface area contributed by atoms with Gasteiger partial charge in [0.1, 0.15) is 5.75 Å². The summed E-state index contributed by atoms with van der Waals surface area (Å²) in [5.41, 5.74) is 0.434. The Kier molecular flexibility index (Phi) is 5.12. The van der Waals surface area contributed by atoms with E-state index in [4.69, 9.17) is 9.84 Å². The topological polar surface area (TPSA) is 87.7 Å². The second-order valence-electron chi connectivity index (χ2n) is 7.89. The summed E-state index contributed by atoms with van der Waals surface area (Å²) in [6, 6.07) is 8.04. The lowest BCUT2D eigenvalue weighted by Gasteiger charge is -2.68. The van der Waals surface area contributed by atoms with Crippen LogP contribution in [0.1, 0.15) is 51.0 Å². The molecule has 0 aromatic heterocycles. The van der Waals surface area contributed by atoms with E-state index in [0.29, 0.717) is 19.3 Å². The van der Waals surface area contributed by atoms with E-state index < -0.39 is 6.09 Å². The van der Waals surface area contributed by atoms with E-state index in [1.807, 2.05) is 18.2 Å². The van der Waals surface area contributed by atoms with Crippen LogP contribution >= 0.6 is 0 Å². The van der Waals surface area contributed by atoms with Crippen molar-refractivity contribution in [3.63, 3.8) is 0 Å². The highest BCUT2D eigenvalue weighted by Gasteiger charge is 2.72. The molecule has 6 heteroatoms. The minimum absolute atomic E-state index is 0.0792. The predicted molar refractivity (Wildman–Crippen MR) is 98.3 cm³/mol. The fraction of sp³-hybridized carbons (Fsp3) is 0.600. The first-order valence-corrected chi connectivity index (χ1v) is 9.35. The van der Waals surface area contributed by atoms with Crippen LogP contribution in [0.25, 0.3) is 0 Å². The zero-order valence-electron chi connectivity index (χ0n) is 15.5. The number of rotatable bonds is 9. The molecule has 0 spiro atoms. The summed E-state index contributed by atoms with van der Waals surface area (Å²) in [5.74, 6) is 0.903. The summed E-state index contributed by atoms with van der Waals surface area (Å²) < 4.78 is 5.29. The van der Waals surface area contributed by atoms with Gasteiger partial charge in [-0.2, -0.15) is 0 Å². The number of benzene rings is 1. The van der Waals surface area contributed by atoms with Gasteiger partial charge in [-0.1, -0.05) is 31.9 Å². The summed E-state index contributed by atoms with van der Waals surface area (Å²) in [4.78, 5) is 23.6. The number of hydrogen-bond donors (Lipinski definition) is 3. The molecule has 0 saturated heterocycles. The molecule has 1 aromatic carbocycles. The monoisotopic (exact) mass is 360 g/mol. The number of carbonyl (C=O) groups excluding carboxylic acids is 1. The standard InChI is InChI=1S/C20H28N2O4/c1-3-4-7-15(9-14-6-5-8-16(10-14)26-2)21-17(23)19-11-20(12-19,13-19)22-18(24)25/h5-6,8,10,15,22H,3-4,7,9,11-13H2,1-2H3,(H,21,23)(H,24,25). The van der Waals surface area contributed by atoms with Crippen LogP contribution in [0.2, 0.25) is 0 Å². The van der Waals surface area contributed by atoms with Gasteiger partial charge >= 0.3 is 6.09 Å². The van der Waals surface area contributed by atoms with Crippen LogP contribution in [0.5, 0.6) is 5.75 Å². The van der Waals surface area contributed by atoms with Gasteiger partial charge in [0.05, 0.1) is 12.5 Å². The quantitative estimate of drug-likeness (QED) is 0.631. The molecule has 0 heterocycles. The van der Waals surface area contributed by atoms with E-state index in [0.717, 1.165) is 37.0 Å². The minimum Gasteiger partial charge on any atom is -0.497 e. The van der Waals surface area contributed by atoms with Crippen LogP contribution < -0.4 is 15.4 Å². The zero-order chi connectivity index (χ0) is 18.8. The van der Waals surface area contributed by atoms with Crippen molar-refractivity contribution in [1.29, 1.82) is 0 Å². The summed E-state index contributed by atoms with van der Waals surface area (Å²) in [6.07, 6.45) is 4.73. The van der Waals surface area contributed by atoms with Crippen LogP contribution in [0.15, 0.2) is 24.3 Å². The van der Waals surface area contributed by atoms with Gasteiger partial charge in [-0.15, -0.1) is 0 Å². The Morgan fingerprint density at radius 1 is 1.31 bits per heavy atom. The Bertz CT molecular complexity index is 668. The lowest BCUT2D eigenvalue weighted by molar-refractivity contribution is -0.179. The third kappa shape index (κ3) is 3.64. The molecule has 0 radical (unpaired) electrons. The molecule has 2 amide bonds. The van der Waals surface area contributed by atoms with Crippen LogP contribution in [-0.4, -0.2) is 35.8 Å². The largest absolute Gasteiger partial charge is 0.497 e. The summed E-state index contributed by atoms with van der Waals surface area (Å²) in [6.45, 7) is 2.15. The van der Waals surface area contributed by atoms with Gasteiger partial charge < -0.3 is 20.5 Å². The van der Waals surface area contributed by atoms with E-state index in [2.05, 4.69) is 23.6 Å². The van der Waals surface area contributed by atoms with Gasteiger partial charge in [0.25, 0.3) is 0 Å². The molecule has 3 saturated carbocycles. The van der Waals surface area contributed by atoms with Crippen molar-refractivity contribution >= 4 is 12.0 Å². The third-order valence-corrected chi connectivity index (χ3v) is 5.74. The van der Waals surface area contributed by atoms with Crippen LogP contribution in [-0.2, 0) is 11.2 Å². The van der Waals surface area contributed by atoms with E-state index in [1.54, 1.807) is 7.11 Å². The van der Waals surface area contributed by atoms with Crippen molar-refractivity contribution in [1.82, 2.24) is 10.6 Å². The number of hydrogen-bond acceptors (Lipinski definition) is 3. The van der Waals surface area contributed by atoms with E-state index in [1.165, 1.54) is 0 Å². The van der Waals surface area contributed by atoms with Gasteiger partial charge in [0, 0.05) is 11.6 Å². The van der Waals surface area contributed by atoms with Crippen molar-refractivity contribution in [2.24, 2.45) is 5.41 Å². The van der Waals surface area contributed by atoms with E-state index in [-0.39, 0.29) is 22.9 Å². The normalized spacial score (nSPS) is 26.8. The number of unbranched alkanes of at least 4 members (excludes halogenated alkanes) is 1. The van der Waals surface area contributed by atoms with Gasteiger partial charge in [-0.25, -0.2) is 4.79 Å². The molecule has 3 fully saturated rings. The molecule has 0 aliphatic heterocycles. The van der Waals surface area contributed by atoms with Gasteiger partial charge in [0.2, 0.25) is 5.91 Å². The molecular weight excluding hydrogens is 332 g/mol. The number of carbonyl (C=O) groups is 2. The molecule has 142 valence electrons. The maximum absolute atomic E-state index is 12.8. The van der Waals surface area contributed by atoms with Crippen molar-refractivity contribution in [2.75, 3.05) is 7.11 Å². The Balaban J connectivity index is 1.58. The molecule has 3 aliphatic rings. The Hall–Kier alpha value is -2.24. The molecule has 1 atom stereocenters. The fourth-order valence-corrected chi connectivity index (χ4v) is 4.49. The second kappa shape index (κ2) is 7.17. The number of methoxy groups -OCH3 is 1.